The fourth-order valence-corrected chi connectivity index (χ4v) is 3.60. The third kappa shape index (κ3) is 4.26. The molecule has 0 bridgehead atoms. The minimum atomic E-state index is -0.0483. The highest BCUT2D eigenvalue weighted by Crippen LogP contribution is 2.22. The number of fused-ring (bicyclic) bond motifs is 1. The normalized spacial score (nSPS) is 10.9. The lowest BCUT2D eigenvalue weighted by Gasteiger charge is -2.07. The van der Waals surface area contributed by atoms with Crippen LogP contribution in [0.15, 0.2) is 79.0 Å². The van der Waals surface area contributed by atoms with E-state index in [0.29, 0.717) is 17.1 Å². The Morgan fingerprint density at radius 2 is 1.75 bits per heavy atom. The number of hydrogen-bond donors (Lipinski definition) is 2. The van der Waals surface area contributed by atoms with Crippen LogP contribution in [0.2, 0.25) is 5.02 Å². The molecule has 28 heavy (non-hydrogen) atoms. The van der Waals surface area contributed by atoms with Crippen LogP contribution in [0, 0.1) is 0 Å². The zero-order valence-electron chi connectivity index (χ0n) is 15.4. The Morgan fingerprint density at radius 1 is 0.929 bits per heavy atom. The quantitative estimate of drug-likeness (QED) is 0.457. The molecule has 0 aliphatic heterocycles. The minimum Gasteiger partial charge on any atom is -0.361 e. The molecule has 0 saturated carbocycles. The Bertz CT molecular complexity index is 1100. The third-order valence-corrected chi connectivity index (χ3v) is 5.08. The Morgan fingerprint density at radius 3 is 2.61 bits per heavy atom. The Balaban J connectivity index is 1.38. The number of amides is 1. The van der Waals surface area contributed by atoms with Crippen molar-refractivity contribution in [2.24, 2.45) is 0 Å². The average Bonchev–Trinajstić information content (AvgIpc) is 3.11. The number of benzene rings is 3. The average molecular weight is 389 g/mol. The van der Waals surface area contributed by atoms with E-state index < -0.39 is 0 Å². The largest absolute Gasteiger partial charge is 0.361 e. The van der Waals surface area contributed by atoms with Gasteiger partial charge in [0.15, 0.2) is 0 Å². The van der Waals surface area contributed by atoms with Crippen LogP contribution in [0.1, 0.15) is 27.0 Å². The van der Waals surface area contributed by atoms with Crippen molar-refractivity contribution in [1.29, 1.82) is 0 Å². The zero-order valence-corrected chi connectivity index (χ0v) is 16.2. The van der Waals surface area contributed by atoms with Gasteiger partial charge >= 0.3 is 0 Å². The van der Waals surface area contributed by atoms with Gasteiger partial charge in [0.05, 0.1) is 0 Å². The second-order valence-corrected chi connectivity index (χ2v) is 7.31. The number of halogens is 1. The minimum absolute atomic E-state index is 0.0483. The van der Waals surface area contributed by atoms with Gasteiger partial charge in [-0.2, -0.15) is 0 Å². The van der Waals surface area contributed by atoms with Crippen molar-refractivity contribution >= 4 is 28.4 Å². The number of nitrogens with one attached hydrogen (secondary N) is 2. The molecule has 0 radical (unpaired) electrons. The van der Waals surface area contributed by atoms with Gasteiger partial charge in [0.2, 0.25) is 0 Å². The summed E-state index contributed by atoms with van der Waals surface area (Å²) in [5.41, 5.74) is 5.26. The van der Waals surface area contributed by atoms with Crippen LogP contribution in [0.3, 0.4) is 0 Å². The lowest BCUT2D eigenvalue weighted by Crippen LogP contribution is -2.25. The van der Waals surface area contributed by atoms with E-state index in [1.165, 1.54) is 5.56 Å². The van der Waals surface area contributed by atoms with E-state index in [1.54, 1.807) is 0 Å². The van der Waals surface area contributed by atoms with Gasteiger partial charge in [-0.1, -0.05) is 54.1 Å². The number of rotatable bonds is 6. The highest BCUT2D eigenvalue weighted by atomic mass is 35.5. The zero-order chi connectivity index (χ0) is 19.3. The number of carbonyl (C=O) groups excluding carboxylic acids is 1. The molecule has 4 heteroatoms. The molecule has 3 aromatic carbocycles. The second-order valence-electron chi connectivity index (χ2n) is 6.87. The first-order valence-electron chi connectivity index (χ1n) is 9.35. The molecule has 0 saturated heterocycles. The summed E-state index contributed by atoms with van der Waals surface area (Å²) in [6, 6.07) is 23.9. The third-order valence-electron chi connectivity index (χ3n) is 4.85. The summed E-state index contributed by atoms with van der Waals surface area (Å²) in [4.78, 5) is 15.8. The fourth-order valence-electron chi connectivity index (χ4n) is 3.42. The molecular formula is C24H21ClN2O. The van der Waals surface area contributed by atoms with Gasteiger partial charge in [0.1, 0.15) is 0 Å². The molecular weight excluding hydrogens is 368 g/mol. The number of aromatic nitrogens is 1. The van der Waals surface area contributed by atoms with Crippen LogP contribution in [-0.2, 0) is 12.8 Å². The van der Waals surface area contributed by atoms with Crippen LogP contribution in [0.25, 0.3) is 10.9 Å². The highest BCUT2D eigenvalue weighted by molar-refractivity contribution is 6.31. The van der Waals surface area contributed by atoms with Crippen molar-refractivity contribution in [3.05, 3.63) is 106 Å². The molecule has 4 rings (SSSR count). The predicted octanol–water partition coefficient (Wildman–Crippen LogP) is 5.38. The topological polar surface area (TPSA) is 44.9 Å². The molecule has 1 heterocycles. The van der Waals surface area contributed by atoms with Crippen molar-refractivity contribution in [2.75, 3.05) is 6.54 Å². The molecule has 0 fully saturated rings. The summed E-state index contributed by atoms with van der Waals surface area (Å²) in [6.45, 7) is 0.571. The van der Waals surface area contributed by atoms with Gasteiger partial charge < -0.3 is 10.3 Å². The molecule has 1 amide bonds. The van der Waals surface area contributed by atoms with Gasteiger partial charge in [0, 0.05) is 34.2 Å². The summed E-state index contributed by atoms with van der Waals surface area (Å²) in [5, 5.41) is 4.84. The molecule has 2 N–H and O–H groups in total. The van der Waals surface area contributed by atoms with E-state index in [0.717, 1.165) is 34.9 Å². The maximum atomic E-state index is 12.6. The van der Waals surface area contributed by atoms with Crippen molar-refractivity contribution in [3.8, 4) is 0 Å². The van der Waals surface area contributed by atoms with Crippen molar-refractivity contribution in [2.45, 2.75) is 12.8 Å². The van der Waals surface area contributed by atoms with E-state index in [1.807, 2.05) is 60.8 Å². The van der Waals surface area contributed by atoms with Crippen molar-refractivity contribution < 1.29 is 4.79 Å². The fraction of sp³-hybridized carbons (Fsp3) is 0.125. The van der Waals surface area contributed by atoms with Gasteiger partial charge in [-0.05, 0) is 59.9 Å². The van der Waals surface area contributed by atoms with Crippen LogP contribution < -0.4 is 5.32 Å². The lowest BCUT2D eigenvalue weighted by atomic mass is 10.0. The molecule has 0 aliphatic rings. The summed E-state index contributed by atoms with van der Waals surface area (Å²) >= 11 is 6.10. The molecule has 140 valence electrons. The number of H-pyrrole nitrogens is 1. The summed E-state index contributed by atoms with van der Waals surface area (Å²) < 4.78 is 0. The lowest BCUT2D eigenvalue weighted by molar-refractivity contribution is 0.0954. The van der Waals surface area contributed by atoms with Gasteiger partial charge in [0.25, 0.3) is 5.91 Å². The number of hydrogen-bond acceptors (Lipinski definition) is 1. The summed E-state index contributed by atoms with van der Waals surface area (Å²) in [5.74, 6) is -0.0483. The van der Waals surface area contributed by atoms with Gasteiger partial charge in [-0.25, -0.2) is 0 Å². The maximum absolute atomic E-state index is 12.6. The summed E-state index contributed by atoms with van der Waals surface area (Å²) in [7, 11) is 0. The Hall–Kier alpha value is -3.04. The molecule has 0 aliphatic carbocycles. The number of carbonyl (C=O) groups is 1. The standard InChI is InChI=1S/C24H21ClN2O/c25-21-9-10-23-22(15-21)20(16-27-23)11-12-26-24(28)19-8-4-7-18(14-19)13-17-5-2-1-3-6-17/h1-10,14-16,27H,11-13H2,(H,26,28). The molecule has 0 atom stereocenters. The molecule has 0 spiro atoms. The Labute approximate surface area is 169 Å². The molecule has 1 aromatic heterocycles. The Kier molecular flexibility index (Phi) is 5.45. The van der Waals surface area contributed by atoms with Crippen molar-refractivity contribution in [1.82, 2.24) is 10.3 Å². The molecule has 0 unspecified atom stereocenters. The highest BCUT2D eigenvalue weighted by Gasteiger charge is 2.08. The van der Waals surface area contributed by atoms with E-state index in [-0.39, 0.29) is 5.91 Å². The van der Waals surface area contributed by atoms with Crippen LogP contribution >= 0.6 is 11.6 Å². The van der Waals surface area contributed by atoms with Crippen molar-refractivity contribution in [3.63, 3.8) is 0 Å². The first-order valence-corrected chi connectivity index (χ1v) is 9.73. The van der Waals surface area contributed by atoms with Crippen LogP contribution in [-0.4, -0.2) is 17.4 Å². The predicted molar refractivity (Wildman–Crippen MR) is 115 cm³/mol. The van der Waals surface area contributed by atoms with Gasteiger partial charge in [-0.3, -0.25) is 4.79 Å². The van der Waals surface area contributed by atoms with Gasteiger partial charge in [-0.15, -0.1) is 0 Å². The molecule has 3 nitrogen and oxygen atoms in total. The van der Waals surface area contributed by atoms with E-state index in [4.69, 9.17) is 11.6 Å². The van der Waals surface area contributed by atoms with Crippen LogP contribution in [0.5, 0.6) is 0 Å². The second kappa shape index (κ2) is 8.32. The molecule has 4 aromatic rings. The summed E-state index contributed by atoms with van der Waals surface area (Å²) in [6.07, 6.45) is 3.54. The van der Waals surface area contributed by atoms with E-state index in [2.05, 4.69) is 28.5 Å². The number of aromatic amines is 1. The monoisotopic (exact) mass is 388 g/mol. The van der Waals surface area contributed by atoms with E-state index in [9.17, 15) is 4.79 Å². The van der Waals surface area contributed by atoms with E-state index >= 15 is 0 Å². The van der Waals surface area contributed by atoms with Crippen LogP contribution in [0.4, 0.5) is 0 Å². The first kappa shape index (κ1) is 18.3. The smallest absolute Gasteiger partial charge is 0.251 e. The first-order chi connectivity index (χ1) is 13.7. The maximum Gasteiger partial charge on any atom is 0.251 e. The SMILES string of the molecule is O=C(NCCc1c[nH]c2ccc(Cl)cc12)c1cccc(Cc2ccccc2)c1.